The van der Waals surface area contributed by atoms with Crippen molar-refractivity contribution in [2.45, 2.75) is 19.8 Å². The van der Waals surface area contributed by atoms with E-state index in [1.165, 1.54) is 11.3 Å². The summed E-state index contributed by atoms with van der Waals surface area (Å²) >= 11 is 4.71. The van der Waals surface area contributed by atoms with Gasteiger partial charge in [-0.1, -0.05) is 0 Å². The van der Waals surface area contributed by atoms with Crippen LogP contribution in [-0.4, -0.2) is 45.5 Å². The Morgan fingerprint density at radius 1 is 1.35 bits per heavy atom. The summed E-state index contributed by atoms with van der Waals surface area (Å²) in [6.07, 6.45) is 5.20. The van der Waals surface area contributed by atoms with Gasteiger partial charge in [-0.25, -0.2) is 15.0 Å². The molecule has 3 rings (SSSR count). The molecule has 0 aliphatic carbocycles. The third-order valence-corrected chi connectivity index (χ3v) is 5.21. The molecule has 2 aromatic heterocycles. The van der Waals surface area contributed by atoms with Gasteiger partial charge in [-0.2, -0.15) is 0 Å². The monoisotopic (exact) mass is 396 g/mol. The summed E-state index contributed by atoms with van der Waals surface area (Å²) < 4.78 is 6.46. The van der Waals surface area contributed by atoms with Crippen LogP contribution in [0.1, 0.15) is 28.2 Å². The van der Waals surface area contributed by atoms with Gasteiger partial charge in [0.2, 0.25) is 0 Å². The molecule has 6 nitrogen and oxygen atoms in total. The Morgan fingerprint density at radius 2 is 2.04 bits per heavy atom. The minimum absolute atomic E-state index is 0.0978. The molecular weight excluding hydrogens is 380 g/mol. The molecule has 3 heterocycles. The summed E-state index contributed by atoms with van der Waals surface area (Å²) in [6, 6.07) is 0.395. The summed E-state index contributed by atoms with van der Waals surface area (Å²) in [6.45, 7) is 3.97. The number of halogens is 1. The van der Waals surface area contributed by atoms with Crippen LogP contribution in [0, 0.1) is 12.8 Å². The van der Waals surface area contributed by atoms with Crippen molar-refractivity contribution in [2.75, 3.05) is 19.7 Å². The molecule has 0 radical (unpaired) electrons. The zero-order valence-corrected chi connectivity index (χ0v) is 15.1. The normalized spacial score (nSPS) is 15.7. The maximum atomic E-state index is 12.4. The van der Waals surface area contributed by atoms with Crippen molar-refractivity contribution in [1.82, 2.24) is 19.9 Å². The first kappa shape index (κ1) is 16.3. The van der Waals surface area contributed by atoms with Gasteiger partial charge < -0.3 is 9.64 Å². The number of thiazole rings is 1. The molecule has 0 atom stereocenters. The number of rotatable bonds is 4. The Hall–Kier alpha value is -1.54. The average Bonchev–Trinajstić information content (AvgIpc) is 3.00. The fraction of sp³-hybridized carbons (Fsp3) is 0.467. The van der Waals surface area contributed by atoms with E-state index in [9.17, 15) is 4.79 Å². The van der Waals surface area contributed by atoms with E-state index < -0.39 is 0 Å². The Morgan fingerprint density at radius 3 is 2.65 bits per heavy atom. The molecule has 122 valence electrons. The van der Waals surface area contributed by atoms with E-state index in [0.717, 1.165) is 41.0 Å². The number of nitrogens with zero attached hydrogens (tertiary/aromatic N) is 4. The molecule has 0 saturated carbocycles. The number of likely N-dealkylation sites (tertiary alicyclic amines) is 1. The van der Waals surface area contributed by atoms with Gasteiger partial charge in [0.25, 0.3) is 5.91 Å². The minimum atomic E-state index is 0.0978. The Bertz CT molecular complexity index is 668. The van der Waals surface area contributed by atoms with Crippen molar-refractivity contribution < 1.29 is 9.53 Å². The van der Waals surface area contributed by atoms with Crippen LogP contribution < -0.4 is 4.74 Å². The molecule has 1 aliphatic heterocycles. The van der Waals surface area contributed by atoms with E-state index in [1.54, 1.807) is 17.9 Å². The van der Waals surface area contributed by atoms with E-state index >= 15 is 0 Å². The van der Waals surface area contributed by atoms with Crippen LogP contribution in [0.3, 0.4) is 0 Å². The van der Waals surface area contributed by atoms with Gasteiger partial charge in [0.05, 0.1) is 22.3 Å². The van der Waals surface area contributed by atoms with Gasteiger partial charge in [-0.3, -0.25) is 4.79 Å². The van der Waals surface area contributed by atoms with Crippen LogP contribution in [-0.2, 0) is 0 Å². The van der Waals surface area contributed by atoms with Crippen LogP contribution in [0.15, 0.2) is 22.4 Å². The van der Waals surface area contributed by atoms with Gasteiger partial charge in [0, 0.05) is 25.5 Å². The van der Waals surface area contributed by atoms with Crippen molar-refractivity contribution in [2.24, 2.45) is 5.92 Å². The molecule has 1 fully saturated rings. The predicted molar refractivity (Wildman–Crippen MR) is 90.7 cm³/mol. The summed E-state index contributed by atoms with van der Waals surface area (Å²) in [5.74, 6) is 0.523. The van der Waals surface area contributed by atoms with Crippen LogP contribution in [0.25, 0.3) is 0 Å². The second-order valence-corrected chi connectivity index (χ2v) is 7.27. The largest absolute Gasteiger partial charge is 0.463 e. The predicted octanol–water partition coefficient (Wildman–Crippen LogP) is 2.94. The maximum absolute atomic E-state index is 12.4. The van der Waals surface area contributed by atoms with Gasteiger partial charge in [-0.05, 0) is 41.6 Å². The smallest absolute Gasteiger partial charge is 0.316 e. The Kier molecular flexibility index (Phi) is 5.22. The van der Waals surface area contributed by atoms with Gasteiger partial charge in [0.15, 0.2) is 0 Å². The highest BCUT2D eigenvalue weighted by molar-refractivity contribution is 9.10. The SMILES string of the molecule is Cc1ncsc1C(=O)N1CCC(COc2ncc(Br)cn2)CC1. The molecule has 0 aromatic carbocycles. The molecule has 1 saturated heterocycles. The zero-order valence-electron chi connectivity index (χ0n) is 12.7. The highest BCUT2D eigenvalue weighted by Crippen LogP contribution is 2.22. The summed E-state index contributed by atoms with van der Waals surface area (Å²) in [5.41, 5.74) is 2.54. The Balaban J connectivity index is 1.48. The first-order valence-electron chi connectivity index (χ1n) is 7.43. The number of ether oxygens (including phenoxy) is 1. The lowest BCUT2D eigenvalue weighted by atomic mass is 9.97. The van der Waals surface area contributed by atoms with Crippen LogP contribution in [0.2, 0.25) is 0 Å². The van der Waals surface area contributed by atoms with Gasteiger partial charge >= 0.3 is 6.01 Å². The number of amides is 1. The fourth-order valence-corrected chi connectivity index (χ4v) is 3.50. The second-order valence-electron chi connectivity index (χ2n) is 5.50. The quantitative estimate of drug-likeness (QED) is 0.794. The lowest BCUT2D eigenvalue weighted by molar-refractivity contribution is 0.0661. The summed E-state index contributed by atoms with van der Waals surface area (Å²) in [7, 11) is 0. The molecule has 0 spiro atoms. The maximum Gasteiger partial charge on any atom is 0.316 e. The van der Waals surface area contributed by atoms with E-state index in [2.05, 4.69) is 30.9 Å². The van der Waals surface area contributed by atoms with Crippen molar-refractivity contribution in [3.8, 4) is 6.01 Å². The highest BCUT2D eigenvalue weighted by Gasteiger charge is 2.26. The molecule has 1 aliphatic rings. The third-order valence-electron chi connectivity index (χ3n) is 3.89. The number of carbonyl (C=O) groups is 1. The van der Waals surface area contributed by atoms with E-state index in [0.29, 0.717) is 18.5 Å². The van der Waals surface area contributed by atoms with Crippen LogP contribution in [0.4, 0.5) is 0 Å². The van der Waals surface area contributed by atoms with Crippen molar-refractivity contribution in [3.05, 3.63) is 32.9 Å². The van der Waals surface area contributed by atoms with Crippen molar-refractivity contribution in [1.29, 1.82) is 0 Å². The first-order chi connectivity index (χ1) is 11.1. The number of carbonyl (C=O) groups excluding carboxylic acids is 1. The molecule has 0 N–H and O–H groups in total. The number of piperidine rings is 1. The first-order valence-corrected chi connectivity index (χ1v) is 9.10. The lowest BCUT2D eigenvalue weighted by Gasteiger charge is -2.31. The molecular formula is C15H17BrN4O2S. The van der Waals surface area contributed by atoms with E-state index in [-0.39, 0.29) is 5.91 Å². The number of aromatic nitrogens is 3. The number of hydrogen-bond acceptors (Lipinski definition) is 6. The topological polar surface area (TPSA) is 68.2 Å². The zero-order chi connectivity index (χ0) is 16.2. The third kappa shape index (κ3) is 4.06. The average molecular weight is 397 g/mol. The van der Waals surface area contributed by atoms with Crippen molar-refractivity contribution >= 4 is 33.2 Å². The minimum Gasteiger partial charge on any atom is -0.463 e. The number of aryl methyl sites for hydroxylation is 1. The molecule has 2 aromatic rings. The van der Waals surface area contributed by atoms with Crippen LogP contribution in [0.5, 0.6) is 6.01 Å². The second kappa shape index (κ2) is 7.35. The molecule has 23 heavy (non-hydrogen) atoms. The fourth-order valence-electron chi connectivity index (χ4n) is 2.52. The molecule has 8 heteroatoms. The highest BCUT2D eigenvalue weighted by atomic mass is 79.9. The number of hydrogen-bond donors (Lipinski definition) is 0. The molecule has 1 amide bonds. The molecule has 0 bridgehead atoms. The van der Waals surface area contributed by atoms with Gasteiger partial charge in [0.1, 0.15) is 4.88 Å². The lowest BCUT2D eigenvalue weighted by Crippen LogP contribution is -2.39. The molecule has 0 unspecified atom stereocenters. The summed E-state index contributed by atoms with van der Waals surface area (Å²) in [4.78, 5) is 27.5. The van der Waals surface area contributed by atoms with E-state index in [4.69, 9.17) is 4.74 Å². The Labute approximate surface area is 147 Å². The van der Waals surface area contributed by atoms with Gasteiger partial charge in [-0.15, -0.1) is 11.3 Å². The van der Waals surface area contributed by atoms with Crippen LogP contribution >= 0.6 is 27.3 Å². The summed E-state index contributed by atoms with van der Waals surface area (Å²) in [5, 5.41) is 0. The van der Waals surface area contributed by atoms with Crippen molar-refractivity contribution in [3.63, 3.8) is 0 Å². The standard InChI is InChI=1S/C15H17BrN4O2S/c1-10-13(23-9-19-10)14(21)20-4-2-11(3-5-20)8-22-15-17-6-12(16)7-18-15/h6-7,9,11H,2-5,8H2,1H3. The van der Waals surface area contributed by atoms with E-state index in [1.807, 2.05) is 11.8 Å².